The van der Waals surface area contributed by atoms with Gasteiger partial charge in [-0.05, 0) is 35.2 Å². The standard InChI is InChI=1S/C27H35FN4O4/c1-27(2,3)18-25(33)31(11-10-30-12-15-35-16-13-30)19-26(34)32-23(24-5-4-14-36-24)17-22(29-32)20-6-8-21(28)9-7-20/h4-9,14,23H,10-13,15-19H2,1-3H3/t23-/m0/s1. The molecule has 1 fully saturated rings. The third-order valence-corrected chi connectivity index (χ3v) is 6.37. The van der Waals surface area contributed by atoms with E-state index >= 15 is 0 Å². The molecule has 0 spiro atoms. The lowest BCUT2D eigenvalue weighted by Gasteiger charge is -2.32. The Kier molecular flexibility index (Phi) is 8.21. The molecule has 36 heavy (non-hydrogen) atoms. The Morgan fingerprint density at radius 1 is 1.14 bits per heavy atom. The number of ether oxygens (including phenoxy) is 1. The number of nitrogens with zero attached hydrogens (tertiary/aromatic N) is 4. The largest absolute Gasteiger partial charge is 0.467 e. The summed E-state index contributed by atoms with van der Waals surface area (Å²) in [5.41, 5.74) is 1.22. The van der Waals surface area contributed by atoms with Crippen molar-refractivity contribution in [2.75, 3.05) is 45.9 Å². The van der Waals surface area contributed by atoms with Gasteiger partial charge < -0.3 is 14.1 Å². The highest BCUT2D eigenvalue weighted by atomic mass is 19.1. The molecule has 0 aliphatic carbocycles. The highest BCUT2D eigenvalue weighted by Crippen LogP contribution is 2.33. The summed E-state index contributed by atoms with van der Waals surface area (Å²) in [4.78, 5) is 30.7. The van der Waals surface area contributed by atoms with E-state index < -0.39 is 6.04 Å². The Hall–Kier alpha value is -3.04. The summed E-state index contributed by atoms with van der Waals surface area (Å²) in [6.07, 6.45) is 2.35. The number of morpholine rings is 1. The lowest BCUT2D eigenvalue weighted by atomic mass is 9.91. The van der Waals surface area contributed by atoms with Gasteiger partial charge in [-0.1, -0.05) is 32.9 Å². The number of carbonyl (C=O) groups excluding carboxylic acids is 2. The number of hydrogen-bond donors (Lipinski definition) is 0. The van der Waals surface area contributed by atoms with Crippen molar-refractivity contribution in [2.45, 2.75) is 39.7 Å². The van der Waals surface area contributed by atoms with E-state index in [9.17, 15) is 14.0 Å². The van der Waals surface area contributed by atoms with Gasteiger partial charge in [-0.2, -0.15) is 5.10 Å². The number of furan rings is 1. The molecule has 4 rings (SSSR count). The van der Waals surface area contributed by atoms with Gasteiger partial charge in [0.1, 0.15) is 24.2 Å². The van der Waals surface area contributed by atoms with Crippen molar-refractivity contribution in [3.05, 3.63) is 59.8 Å². The molecule has 0 saturated carbocycles. The van der Waals surface area contributed by atoms with Gasteiger partial charge in [0.05, 0.1) is 25.2 Å². The van der Waals surface area contributed by atoms with E-state index in [-0.39, 0.29) is 29.6 Å². The molecule has 2 aliphatic rings. The fourth-order valence-electron chi connectivity index (χ4n) is 4.44. The fraction of sp³-hybridized carbons (Fsp3) is 0.519. The van der Waals surface area contributed by atoms with Crippen LogP contribution in [0.2, 0.25) is 0 Å². The van der Waals surface area contributed by atoms with Gasteiger partial charge in [-0.15, -0.1) is 0 Å². The first-order valence-electron chi connectivity index (χ1n) is 12.5. The Balaban J connectivity index is 1.53. The second-order valence-corrected chi connectivity index (χ2v) is 10.5. The summed E-state index contributed by atoms with van der Waals surface area (Å²) in [5, 5.41) is 6.04. The predicted molar refractivity (Wildman–Crippen MR) is 134 cm³/mol. The minimum Gasteiger partial charge on any atom is -0.467 e. The smallest absolute Gasteiger partial charge is 0.262 e. The van der Waals surface area contributed by atoms with Gasteiger partial charge in [0.25, 0.3) is 5.91 Å². The number of halogens is 1. The maximum atomic E-state index is 13.6. The second-order valence-electron chi connectivity index (χ2n) is 10.5. The molecule has 2 aromatic rings. The Labute approximate surface area is 211 Å². The van der Waals surface area contributed by atoms with Crippen molar-refractivity contribution in [3.8, 4) is 0 Å². The zero-order chi connectivity index (χ0) is 25.7. The summed E-state index contributed by atoms with van der Waals surface area (Å²) in [5.74, 6) is -0.0513. The van der Waals surface area contributed by atoms with Crippen LogP contribution in [-0.4, -0.2) is 78.3 Å². The van der Waals surface area contributed by atoms with Crippen LogP contribution in [0.15, 0.2) is 52.2 Å². The minimum atomic E-state index is -0.425. The molecule has 0 N–H and O–H groups in total. The number of hydrazone groups is 1. The highest BCUT2D eigenvalue weighted by Gasteiger charge is 2.36. The Bertz CT molecular complexity index is 1060. The number of carbonyl (C=O) groups is 2. The number of benzene rings is 1. The molecular formula is C27H35FN4O4. The first-order chi connectivity index (χ1) is 17.2. The van der Waals surface area contributed by atoms with Crippen molar-refractivity contribution in [1.82, 2.24) is 14.8 Å². The van der Waals surface area contributed by atoms with Crippen molar-refractivity contribution in [3.63, 3.8) is 0 Å². The van der Waals surface area contributed by atoms with Crippen molar-refractivity contribution in [2.24, 2.45) is 10.5 Å². The van der Waals surface area contributed by atoms with Crippen LogP contribution in [0, 0.1) is 11.2 Å². The quantitative estimate of drug-likeness (QED) is 0.555. The van der Waals surface area contributed by atoms with E-state index in [0.717, 1.165) is 18.7 Å². The number of hydrogen-bond acceptors (Lipinski definition) is 6. The van der Waals surface area contributed by atoms with Crippen LogP contribution < -0.4 is 0 Å². The van der Waals surface area contributed by atoms with Gasteiger partial charge in [-0.3, -0.25) is 14.5 Å². The zero-order valence-electron chi connectivity index (χ0n) is 21.3. The first-order valence-corrected chi connectivity index (χ1v) is 12.5. The van der Waals surface area contributed by atoms with Gasteiger partial charge in [0.15, 0.2) is 0 Å². The molecule has 3 heterocycles. The van der Waals surface area contributed by atoms with Crippen LogP contribution in [-0.2, 0) is 14.3 Å². The Morgan fingerprint density at radius 2 is 1.86 bits per heavy atom. The molecule has 1 atom stereocenters. The SMILES string of the molecule is CC(C)(C)CC(=O)N(CCN1CCOCC1)CC(=O)N1N=C(c2ccc(F)cc2)C[C@H]1c1ccco1. The average molecular weight is 499 g/mol. The molecule has 194 valence electrons. The fourth-order valence-corrected chi connectivity index (χ4v) is 4.44. The van der Waals surface area contributed by atoms with Crippen molar-refractivity contribution in [1.29, 1.82) is 0 Å². The van der Waals surface area contributed by atoms with Gasteiger partial charge in [0, 0.05) is 39.0 Å². The van der Waals surface area contributed by atoms with Crippen LogP contribution in [0.3, 0.4) is 0 Å². The summed E-state index contributed by atoms with van der Waals surface area (Å²) >= 11 is 0. The average Bonchev–Trinajstić information content (AvgIpc) is 3.52. The van der Waals surface area contributed by atoms with Gasteiger partial charge >= 0.3 is 0 Å². The molecule has 1 saturated heterocycles. The normalized spacial score (nSPS) is 18.8. The van der Waals surface area contributed by atoms with E-state index in [1.54, 1.807) is 29.4 Å². The van der Waals surface area contributed by atoms with E-state index in [0.29, 0.717) is 50.6 Å². The summed E-state index contributed by atoms with van der Waals surface area (Å²) in [7, 11) is 0. The van der Waals surface area contributed by atoms with Crippen LogP contribution >= 0.6 is 0 Å². The molecule has 1 aromatic heterocycles. The first kappa shape index (κ1) is 26.0. The molecule has 0 bridgehead atoms. The third kappa shape index (κ3) is 6.79. The summed E-state index contributed by atoms with van der Waals surface area (Å²) in [6.45, 7) is 10.1. The molecule has 0 unspecified atom stereocenters. The predicted octanol–water partition coefficient (Wildman–Crippen LogP) is 3.69. The number of rotatable bonds is 8. The second kappa shape index (κ2) is 11.3. The minimum absolute atomic E-state index is 0.0550. The molecule has 0 radical (unpaired) electrons. The van der Waals surface area contributed by atoms with E-state index in [2.05, 4.69) is 10.0 Å². The maximum absolute atomic E-state index is 13.6. The molecule has 9 heteroatoms. The number of amides is 2. The van der Waals surface area contributed by atoms with E-state index in [4.69, 9.17) is 9.15 Å². The molecule has 2 aliphatic heterocycles. The van der Waals surface area contributed by atoms with Gasteiger partial charge in [0.2, 0.25) is 5.91 Å². The summed E-state index contributed by atoms with van der Waals surface area (Å²) in [6, 6.07) is 9.23. The molecule has 2 amide bonds. The van der Waals surface area contributed by atoms with Crippen LogP contribution in [0.4, 0.5) is 4.39 Å². The van der Waals surface area contributed by atoms with E-state index in [1.165, 1.54) is 17.1 Å². The molecule has 8 nitrogen and oxygen atoms in total. The van der Waals surface area contributed by atoms with Crippen LogP contribution in [0.5, 0.6) is 0 Å². The molecule has 1 aromatic carbocycles. The summed E-state index contributed by atoms with van der Waals surface area (Å²) < 4.78 is 24.5. The maximum Gasteiger partial charge on any atom is 0.262 e. The van der Waals surface area contributed by atoms with Gasteiger partial charge in [-0.25, -0.2) is 9.40 Å². The highest BCUT2D eigenvalue weighted by molar-refractivity contribution is 6.03. The van der Waals surface area contributed by atoms with Crippen molar-refractivity contribution < 1.29 is 23.1 Å². The third-order valence-electron chi connectivity index (χ3n) is 6.37. The lowest BCUT2D eigenvalue weighted by molar-refractivity contribution is -0.143. The lowest BCUT2D eigenvalue weighted by Crippen LogP contribution is -2.47. The monoisotopic (exact) mass is 498 g/mol. The van der Waals surface area contributed by atoms with E-state index in [1.807, 2.05) is 26.8 Å². The topological polar surface area (TPSA) is 78.6 Å². The molecular weight excluding hydrogens is 463 g/mol. The van der Waals surface area contributed by atoms with Crippen LogP contribution in [0.25, 0.3) is 0 Å². The Morgan fingerprint density at radius 3 is 2.50 bits per heavy atom. The van der Waals surface area contributed by atoms with Crippen molar-refractivity contribution >= 4 is 17.5 Å². The van der Waals surface area contributed by atoms with Crippen LogP contribution in [0.1, 0.15) is 51.0 Å². The zero-order valence-corrected chi connectivity index (χ0v) is 21.3.